The molecule has 3 rings (SSSR count). The Bertz CT molecular complexity index is 1130. The molecule has 0 unspecified atom stereocenters. The number of H-pyrrole nitrogens is 1. The maximum atomic E-state index is 12.4. The molecule has 0 aliphatic heterocycles. The number of ether oxygens (including phenoxy) is 3. The van der Waals surface area contributed by atoms with Crippen molar-refractivity contribution < 1.29 is 19.0 Å². The van der Waals surface area contributed by atoms with E-state index < -0.39 is 5.97 Å². The van der Waals surface area contributed by atoms with E-state index in [-0.39, 0.29) is 5.56 Å². The minimum atomic E-state index is -0.482. The lowest BCUT2D eigenvalue weighted by molar-refractivity contribution is 0.0601. The number of nitrogens with one attached hydrogen (secondary N) is 1. The van der Waals surface area contributed by atoms with Crippen LogP contribution in [0.1, 0.15) is 41.5 Å². The topological polar surface area (TPSA) is 90.5 Å². The number of hydrogen-bond acceptors (Lipinski definition) is 6. The van der Waals surface area contributed by atoms with Gasteiger partial charge in [-0.1, -0.05) is 25.5 Å². The number of fused-ring (bicyclic) bond motifs is 1. The van der Waals surface area contributed by atoms with Crippen molar-refractivity contribution in [1.29, 1.82) is 0 Å². The molecular weight excluding hydrogens is 384 g/mol. The Kier molecular flexibility index (Phi) is 6.85. The standard InChI is InChI=1S/C23H24N2O5/c1-4-5-12-30-20-13-15(6-10-19(20)28-2)7-11-21-24-18-14-16(23(27)29-3)8-9-17(18)22(26)25-21/h6-11,13-14H,4-5,12H2,1-3H3,(H,24,25,26)/b11-7-. The number of hydrogen-bond donors (Lipinski definition) is 1. The van der Waals surface area contributed by atoms with Crippen molar-refractivity contribution in [3.63, 3.8) is 0 Å². The largest absolute Gasteiger partial charge is 0.493 e. The molecule has 7 nitrogen and oxygen atoms in total. The Balaban J connectivity index is 1.90. The van der Waals surface area contributed by atoms with E-state index in [1.165, 1.54) is 13.2 Å². The van der Waals surface area contributed by atoms with Crippen LogP contribution in [0.5, 0.6) is 11.5 Å². The summed E-state index contributed by atoms with van der Waals surface area (Å²) in [6.07, 6.45) is 5.52. The lowest BCUT2D eigenvalue weighted by atomic mass is 10.1. The summed E-state index contributed by atoms with van der Waals surface area (Å²) >= 11 is 0. The first kappa shape index (κ1) is 21.1. The number of aromatic nitrogens is 2. The molecule has 2 aromatic carbocycles. The van der Waals surface area contributed by atoms with Crippen molar-refractivity contribution in [2.45, 2.75) is 19.8 Å². The molecule has 7 heteroatoms. The van der Waals surface area contributed by atoms with Crippen LogP contribution in [-0.2, 0) is 4.74 Å². The maximum absolute atomic E-state index is 12.4. The quantitative estimate of drug-likeness (QED) is 0.446. The molecule has 0 bridgehead atoms. The van der Waals surface area contributed by atoms with E-state index in [1.807, 2.05) is 24.3 Å². The minimum Gasteiger partial charge on any atom is -0.493 e. The summed E-state index contributed by atoms with van der Waals surface area (Å²) < 4.78 is 15.9. The monoisotopic (exact) mass is 408 g/mol. The number of benzene rings is 2. The van der Waals surface area contributed by atoms with Crippen molar-refractivity contribution >= 4 is 29.0 Å². The number of nitrogens with zero attached hydrogens (tertiary/aromatic N) is 1. The fourth-order valence-electron chi connectivity index (χ4n) is 2.89. The first-order valence-electron chi connectivity index (χ1n) is 9.67. The van der Waals surface area contributed by atoms with Gasteiger partial charge in [-0.2, -0.15) is 0 Å². The van der Waals surface area contributed by atoms with Crippen molar-refractivity contribution in [1.82, 2.24) is 9.97 Å². The van der Waals surface area contributed by atoms with Crippen LogP contribution >= 0.6 is 0 Å². The molecule has 0 saturated carbocycles. The van der Waals surface area contributed by atoms with Gasteiger partial charge in [-0.3, -0.25) is 4.79 Å². The van der Waals surface area contributed by atoms with Gasteiger partial charge in [0, 0.05) is 0 Å². The SMILES string of the molecule is CCCCOc1cc(/C=C\c2nc3cc(C(=O)OC)ccc3c(=O)[nH]2)ccc1OC. The molecule has 1 aromatic heterocycles. The molecule has 0 amide bonds. The number of carbonyl (C=O) groups is 1. The van der Waals surface area contributed by atoms with Gasteiger partial charge in [0.1, 0.15) is 5.82 Å². The van der Waals surface area contributed by atoms with Crippen molar-refractivity contribution in [3.05, 3.63) is 63.7 Å². The Hall–Kier alpha value is -3.61. The number of methoxy groups -OCH3 is 2. The average Bonchev–Trinajstić information content (AvgIpc) is 2.77. The average molecular weight is 408 g/mol. The highest BCUT2D eigenvalue weighted by molar-refractivity contribution is 5.94. The van der Waals surface area contributed by atoms with Crippen LogP contribution in [0.3, 0.4) is 0 Å². The molecule has 0 saturated heterocycles. The zero-order chi connectivity index (χ0) is 21.5. The molecule has 3 aromatic rings. The second-order valence-electron chi connectivity index (χ2n) is 6.62. The summed E-state index contributed by atoms with van der Waals surface area (Å²) in [5, 5.41) is 0.399. The number of esters is 1. The summed E-state index contributed by atoms with van der Waals surface area (Å²) in [6.45, 7) is 2.72. The Morgan fingerprint density at radius 1 is 1.10 bits per heavy atom. The third-order valence-corrected chi connectivity index (χ3v) is 4.52. The summed E-state index contributed by atoms with van der Waals surface area (Å²) in [6, 6.07) is 10.2. The van der Waals surface area contributed by atoms with Gasteiger partial charge in [-0.05, 0) is 48.4 Å². The van der Waals surface area contributed by atoms with Crippen LogP contribution in [0.2, 0.25) is 0 Å². The van der Waals surface area contributed by atoms with Crippen LogP contribution in [0.25, 0.3) is 23.1 Å². The molecule has 1 N–H and O–H groups in total. The van der Waals surface area contributed by atoms with Gasteiger partial charge in [0.2, 0.25) is 0 Å². The molecular formula is C23H24N2O5. The fraction of sp³-hybridized carbons (Fsp3) is 0.261. The zero-order valence-electron chi connectivity index (χ0n) is 17.2. The predicted octanol–water partition coefficient (Wildman–Crippen LogP) is 4.07. The van der Waals surface area contributed by atoms with Gasteiger partial charge in [0.15, 0.2) is 11.5 Å². The predicted molar refractivity (Wildman–Crippen MR) is 116 cm³/mol. The molecule has 0 fully saturated rings. The normalized spacial score (nSPS) is 11.0. The van der Waals surface area contributed by atoms with E-state index in [4.69, 9.17) is 14.2 Å². The number of unbranched alkanes of at least 4 members (excludes halogenated alkanes) is 1. The molecule has 0 aliphatic rings. The second-order valence-corrected chi connectivity index (χ2v) is 6.62. The fourth-order valence-corrected chi connectivity index (χ4v) is 2.89. The van der Waals surface area contributed by atoms with E-state index >= 15 is 0 Å². The summed E-state index contributed by atoms with van der Waals surface area (Å²) in [7, 11) is 2.91. The lowest BCUT2D eigenvalue weighted by Crippen LogP contribution is -2.11. The van der Waals surface area contributed by atoms with Crippen molar-refractivity contribution in [3.8, 4) is 11.5 Å². The van der Waals surface area contributed by atoms with Gasteiger partial charge in [-0.25, -0.2) is 9.78 Å². The van der Waals surface area contributed by atoms with Crippen LogP contribution < -0.4 is 15.0 Å². The van der Waals surface area contributed by atoms with Crippen LogP contribution in [0, 0.1) is 0 Å². The van der Waals surface area contributed by atoms with Gasteiger partial charge < -0.3 is 19.2 Å². The summed E-state index contributed by atoms with van der Waals surface area (Å²) in [4.78, 5) is 31.3. The molecule has 1 heterocycles. The van der Waals surface area contributed by atoms with E-state index in [0.29, 0.717) is 40.4 Å². The number of rotatable bonds is 8. The third-order valence-electron chi connectivity index (χ3n) is 4.52. The third kappa shape index (κ3) is 4.86. The van der Waals surface area contributed by atoms with E-state index in [1.54, 1.807) is 25.3 Å². The highest BCUT2D eigenvalue weighted by atomic mass is 16.5. The molecule has 30 heavy (non-hydrogen) atoms. The van der Waals surface area contributed by atoms with Gasteiger partial charge >= 0.3 is 5.97 Å². The Labute approximate surface area is 174 Å². The summed E-state index contributed by atoms with van der Waals surface area (Å²) in [5.74, 6) is 1.22. The number of carbonyl (C=O) groups excluding carboxylic acids is 1. The van der Waals surface area contributed by atoms with Crippen molar-refractivity contribution in [2.24, 2.45) is 0 Å². The highest BCUT2D eigenvalue weighted by Gasteiger charge is 2.09. The van der Waals surface area contributed by atoms with E-state index in [0.717, 1.165) is 18.4 Å². The Morgan fingerprint density at radius 3 is 2.67 bits per heavy atom. The minimum absolute atomic E-state index is 0.283. The first-order chi connectivity index (χ1) is 14.5. The smallest absolute Gasteiger partial charge is 0.337 e. The van der Waals surface area contributed by atoms with Crippen LogP contribution in [0.15, 0.2) is 41.2 Å². The highest BCUT2D eigenvalue weighted by Crippen LogP contribution is 2.29. The first-order valence-corrected chi connectivity index (χ1v) is 9.67. The zero-order valence-corrected chi connectivity index (χ0v) is 17.2. The van der Waals surface area contributed by atoms with E-state index in [9.17, 15) is 9.59 Å². The maximum Gasteiger partial charge on any atom is 0.337 e. The number of aromatic amines is 1. The van der Waals surface area contributed by atoms with Gasteiger partial charge in [0.05, 0.1) is 37.3 Å². The van der Waals surface area contributed by atoms with Gasteiger partial charge in [-0.15, -0.1) is 0 Å². The summed E-state index contributed by atoms with van der Waals surface area (Å²) in [5.41, 5.74) is 1.34. The second kappa shape index (κ2) is 9.73. The van der Waals surface area contributed by atoms with Crippen molar-refractivity contribution in [2.75, 3.05) is 20.8 Å². The molecule has 0 radical (unpaired) electrons. The van der Waals surface area contributed by atoms with Crippen LogP contribution in [0.4, 0.5) is 0 Å². The lowest BCUT2D eigenvalue weighted by Gasteiger charge is -2.11. The molecule has 0 aliphatic carbocycles. The van der Waals surface area contributed by atoms with Gasteiger partial charge in [0.25, 0.3) is 5.56 Å². The molecule has 0 spiro atoms. The molecule has 156 valence electrons. The molecule has 0 atom stereocenters. The van der Waals surface area contributed by atoms with E-state index in [2.05, 4.69) is 16.9 Å². The van der Waals surface area contributed by atoms with Crippen LogP contribution in [-0.4, -0.2) is 36.8 Å². The Morgan fingerprint density at radius 2 is 1.93 bits per heavy atom.